The molecule has 0 fully saturated rings. The van der Waals surface area contributed by atoms with Crippen LogP contribution in [0.3, 0.4) is 0 Å². The molecule has 0 atom stereocenters. The minimum atomic E-state index is -0.547. The molecular formula is C19H17Cl2NO5. The van der Waals surface area contributed by atoms with E-state index in [4.69, 9.17) is 32.7 Å². The van der Waals surface area contributed by atoms with Crippen LogP contribution in [0.1, 0.15) is 25.8 Å². The molecule has 0 aliphatic rings. The maximum absolute atomic E-state index is 12.2. The number of carbonyl (C=O) groups is 3. The van der Waals surface area contributed by atoms with Gasteiger partial charge in [-0.2, -0.15) is 0 Å². The molecule has 6 nitrogen and oxygen atoms in total. The van der Waals surface area contributed by atoms with E-state index in [-0.39, 0.29) is 23.8 Å². The third kappa shape index (κ3) is 6.58. The number of nitrogens with one attached hydrogen (secondary N) is 1. The van der Waals surface area contributed by atoms with Crippen LogP contribution in [0.15, 0.2) is 36.4 Å². The first kappa shape index (κ1) is 20.7. The number of benzene rings is 2. The third-order valence-corrected chi connectivity index (χ3v) is 3.92. The first-order chi connectivity index (χ1) is 12.7. The number of hydrogen-bond donors (Lipinski definition) is 1. The molecule has 0 saturated heterocycles. The van der Waals surface area contributed by atoms with Crippen molar-refractivity contribution in [2.75, 3.05) is 5.32 Å². The minimum Gasteiger partial charge on any atom is -0.423 e. The van der Waals surface area contributed by atoms with Crippen molar-refractivity contribution in [2.45, 2.75) is 26.7 Å². The molecule has 1 amide bonds. The first-order valence-corrected chi connectivity index (χ1v) is 8.75. The Bertz CT molecular complexity index is 882. The summed E-state index contributed by atoms with van der Waals surface area (Å²) in [6.07, 6.45) is 0.536. The molecule has 2 aromatic rings. The minimum absolute atomic E-state index is 0.119. The molecule has 2 rings (SSSR count). The van der Waals surface area contributed by atoms with Gasteiger partial charge in [-0.25, -0.2) is 0 Å². The van der Waals surface area contributed by atoms with Gasteiger partial charge in [-0.3, -0.25) is 14.4 Å². The van der Waals surface area contributed by atoms with E-state index in [1.807, 2.05) is 0 Å². The van der Waals surface area contributed by atoms with Crippen molar-refractivity contribution in [3.8, 4) is 11.5 Å². The largest absolute Gasteiger partial charge is 0.423 e. The molecular weight excluding hydrogens is 393 g/mol. The summed E-state index contributed by atoms with van der Waals surface area (Å²) in [7, 11) is 0. The summed E-state index contributed by atoms with van der Waals surface area (Å²) in [5.41, 5.74) is 1.16. The number of carbonyl (C=O) groups excluding carboxylic acids is 3. The SMILES string of the molecule is CC(=O)Oc1ccc(CCC(=O)Nc2cc(Cl)ccc2Cl)cc1OC(C)=O. The Labute approximate surface area is 166 Å². The van der Waals surface area contributed by atoms with Gasteiger partial charge in [-0.05, 0) is 42.3 Å². The van der Waals surface area contributed by atoms with Crippen molar-refractivity contribution in [1.29, 1.82) is 0 Å². The van der Waals surface area contributed by atoms with Gasteiger partial charge in [0.1, 0.15) is 0 Å². The van der Waals surface area contributed by atoms with E-state index in [0.29, 0.717) is 22.2 Å². The van der Waals surface area contributed by atoms with Crippen LogP contribution in [0.4, 0.5) is 5.69 Å². The molecule has 2 aromatic carbocycles. The van der Waals surface area contributed by atoms with E-state index in [2.05, 4.69) is 5.32 Å². The van der Waals surface area contributed by atoms with Crippen molar-refractivity contribution in [1.82, 2.24) is 0 Å². The smallest absolute Gasteiger partial charge is 0.308 e. The monoisotopic (exact) mass is 409 g/mol. The average molecular weight is 410 g/mol. The lowest BCUT2D eigenvalue weighted by molar-refractivity contribution is -0.134. The molecule has 0 spiro atoms. The zero-order valence-corrected chi connectivity index (χ0v) is 16.2. The third-order valence-electron chi connectivity index (χ3n) is 3.36. The first-order valence-electron chi connectivity index (χ1n) is 7.99. The fourth-order valence-electron chi connectivity index (χ4n) is 2.25. The number of hydrogen-bond acceptors (Lipinski definition) is 5. The highest BCUT2D eigenvalue weighted by Gasteiger charge is 2.13. The van der Waals surface area contributed by atoms with E-state index in [1.165, 1.54) is 19.9 Å². The van der Waals surface area contributed by atoms with E-state index >= 15 is 0 Å². The lowest BCUT2D eigenvalue weighted by atomic mass is 10.1. The maximum Gasteiger partial charge on any atom is 0.308 e. The number of anilines is 1. The van der Waals surface area contributed by atoms with Crippen LogP contribution in [-0.4, -0.2) is 17.8 Å². The van der Waals surface area contributed by atoms with Crippen LogP contribution in [-0.2, 0) is 20.8 Å². The Morgan fingerprint density at radius 2 is 1.59 bits per heavy atom. The summed E-state index contributed by atoms with van der Waals surface area (Å²) in [6, 6.07) is 9.54. The molecule has 0 aliphatic heterocycles. The van der Waals surface area contributed by atoms with Crippen molar-refractivity contribution >= 4 is 46.7 Å². The van der Waals surface area contributed by atoms with Crippen molar-refractivity contribution in [3.63, 3.8) is 0 Å². The van der Waals surface area contributed by atoms with Crippen molar-refractivity contribution in [2.24, 2.45) is 0 Å². The van der Waals surface area contributed by atoms with Gasteiger partial charge >= 0.3 is 11.9 Å². The van der Waals surface area contributed by atoms with Gasteiger partial charge in [0.2, 0.25) is 5.91 Å². The number of ether oxygens (including phenoxy) is 2. The van der Waals surface area contributed by atoms with Crippen molar-refractivity contribution in [3.05, 3.63) is 52.0 Å². The van der Waals surface area contributed by atoms with Gasteiger partial charge < -0.3 is 14.8 Å². The second-order valence-electron chi connectivity index (χ2n) is 5.64. The molecule has 0 radical (unpaired) electrons. The van der Waals surface area contributed by atoms with Gasteiger partial charge in [0.25, 0.3) is 0 Å². The second-order valence-corrected chi connectivity index (χ2v) is 6.48. The number of amides is 1. The molecule has 0 saturated carbocycles. The highest BCUT2D eigenvalue weighted by molar-refractivity contribution is 6.35. The Hall–Kier alpha value is -2.57. The predicted molar refractivity (Wildman–Crippen MR) is 102 cm³/mol. The maximum atomic E-state index is 12.2. The molecule has 0 bridgehead atoms. The fourth-order valence-corrected chi connectivity index (χ4v) is 2.58. The molecule has 142 valence electrons. The average Bonchev–Trinajstić information content (AvgIpc) is 2.57. The second kappa shape index (κ2) is 9.39. The van der Waals surface area contributed by atoms with Gasteiger partial charge in [-0.1, -0.05) is 29.3 Å². The lowest BCUT2D eigenvalue weighted by Crippen LogP contribution is -2.13. The molecule has 0 aliphatic carbocycles. The van der Waals surface area contributed by atoms with E-state index < -0.39 is 11.9 Å². The summed E-state index contributed by atoms with van der Waals surface area (Å²) in [4.78, 5) is 34.5. The zero-order valence-electron chi connectivity index (χ0n) is 14.7. The van der Waals surface area contributed by atoms with E-state index in [9.17, 15) is 14.4 Å². The van der Waals surface area contributed by atoms with Gasteiger partial charge in [0, 0.05) is 25.3 Å². The summed E-state index contributed by atoms with van der Waals surface area (Å²) in [6.45, 7) is 2.49. The summed E-state index contributed by atoms with van der Waals surface area (Å²) in [5.74, 6) is -1.08. The number of rotatable bonds is 6. The number of esters is 2. The lowest BCUT2D eigenvalue weighted by Gasteiger charge is -2.11. The molecule has 0 unspecified atom stereocenters. The van der Waals surface area contributed by atoms with Crippen LogP contribution in [0, 0.1) is 0 Å². The predicted octanol–water partition coefficient (Wildman–Crippen LogP) is 4.42. The standard InChI is InChI=1S/C19H17Cl2NO5/c1-11(23)26-17-7-3-13(9-18(17)27-12(2)24)4-8-19(25)22-16-10-14(20)5-6-15(16)21/h3,5-7,9-10H,4,8H2,1-2H3,(H,22,25). The number of aryl methyl sites for hydroxylation is 1. The number of halogens is 2. The van der Waals surface area contributed by atoms with E-state index in [0.717, 1.165) is 5.56 Å². The van der Waals surface area contributed by atoms with Crippen LogP contribution < -0.4 is 14.8 Å². The van der Waals surface area contributed by atoms with Crippen LogP contribution in [0.2, 0.25) is 10.0 Å². The van der Waals surface area contributed by atoms with Gasteiger partial charge in [0.15, 0.2) is 11.5 Å². The molecule has 27 heavy (non-hydrogen) atoms. The van der Waals surface area contributed by atoms with Crippen molar-refractivity contribution < 1.29 is 23.9 Å². The van der Waals surface area contributed by atoms with Crippen LogP contribution >= 0.6 is 23.2 Å². The molecule has 0 heterocycles. The Kier molecular flexibility index (Phi) is 7.21. The fraction of sp³-hybridized carbons (Fsp3) is 0.211. The Morgan fingerprint density at radius 1 is 0.926 bits per heavy atom. The highest BCUT2D eigenvalue weighted by atomic mass is 35.5. The van der Waals surface area contributed by atoms with Gasteiger partial charge in [-0.15, -0.1) is 0 Å². The highest BCUT2D eigenvalue weighted by Crippen LogP contribution is 2.30. The van der Waals surface area contributed by atoms with Crippen LogP contribution in [0.5, 0.6) is 11.5 Å². The zero-order chi connectivity index (χ0) is 20.0. The van der Waals surface area contributed by atoms with Crippen LogP contribution in [0.25, 0.3) is 0 Å². The Morgan fingerprint density at radius 3 is 2.26 bits per heavy atom. The molecule has 0 aromatic heterocycles. The Balaban J connectivity index is 2.05. The summed E-state index contributed by atoms with van der Waals surface area (Å²) in [5, 5.41) is 3.54. The van der Waals surface area contributed by atoms with E-state index in [1.54, 1.807) is 30.3 Å². The quantitative estimate of drug-likeness (QED) is 0.564. The van der Waals surface area contributed by atoms with Gasteiger partial charge in [0.05, 0.1) is 10.7 Å². The normalized spacial score (nSPS) is 10.2. The molecule has 8 heteroatoms. The topological polar surface area (TPSA) is 81.7 Å². The molecule has 1 N–H and O–H groups in total. The summed E-state index contributed by atoms with van der Waals surface area (Å²) >= 11 is 11.9. The summed E-state index contributed by atoms with van der Waals surface area (Å²) < 4.78 is 10.1.